The molecule has 7 heteroatoms. The lowest BCUT2D eigenvalue weighted by atomic mass is 9.43. The van der Waals surface area contributed by atoms with Gasteiger partial charge < -0.3 is 20.4 Å². The summed E-state index contributed by atoms with van der Waals surface area (Å²) in [4.78, 5) is 12.9. The second kappa shape index (κ2) is 9.05. The van der Waals surface area contributed by atoms with Gasteiger partial charge in [-0.15, -0.1) is 12.4 Å². The van der Waals surface area contributed by atoms with Crippen LogP contribution in [0.15, 0.2) is 30.3 Å². The van der Waals surface area contributed by atoms with Crippen molar-refractivity contribution in [3.63, 3.8) is 0 Å². The van der Waals surface area contributed by atoms with Crippen LogP contribution in [0.5, 0.6) is 0 Å². The summed E-state index contributed by atoms with van der Waals surface area (Å²) < 4.78 is 13.1. The highest BCUT2D eigenvalue weighted by Gasteiger charge is 2.68. The summed E-state index contributed by atoms with van der Waals surface area (Å²) in [5.74, 6) is 1.30. The topological polar surface area (TPSA) is 73.6 Å². The van der Waals surface area contributed by atoms with Crippen LogP contribution >= 0.6 is 12.4 Å². The predicted octanol–water partition coefficient (Wildman–Crippen LogP) is 3.78. The van der Waals surface area contributed by atoms with Gasteiger partial charge in [-0.2, -0.15) is 0 Å². The summed E-state index contributed by atoms with van der Waals surface area (Å²) in [5.41, 5.74) is 7.34. The van der Waals surface area contributed by atoms with Gasteiger partial charge in [0.15, 0.2) is 0 Å². The number of amides is 1. The van der Waals surface area contributed by atoms with Crippen molar-refractivity contribution in [1.29, 1.82) is 0 Å². The quantitative estimate of drug-likeness (QED) is 0.623. The van der Waals surface area contributed by atoms with Crippen molar-refractivity contribution in [3.8, 4) is 0 Å². The highest BCUT2D eigenvalue weighted by Crippen LogP contribution is 2.65. The van der Waals surface area contributed by atoms with E-state index < -0.39 is 13.2 Å². The maximum atomic E-state index is 12.9. The Kier molecular flexibility index (Phi) is 7.17. The van der Waals surface area contributed by atoms with Gasteiger partial charge in [0.1, 0.15) is 0 Å². The number of hydrogen-bond acceptors (Lipinski definition) is 4. The number of rotatable bonds is 7. The number of carbonyl (C=O) groups is 1. The van der Waals surface area contributed by atoms with Crippen molar-refractivity contribution in [2.24, 2.45) is 28.9 Å². The van der Waals surface area contributed by atoms with Crippen LogP contribution in [0, 0.1) is 23.2 Å². The van der Waals surface area contributed by atoms with E-state index >= 15 is 0 Å². The third kappa shape index (κ3) is 4.54. The van der Waals surface area contributed by atoms with Crippen molar-refractivity contribution in [3.05, 3.63) is 35.9 Å². The van der Waals surface area contributed by atoms with Gasteiger partial charge >= 0.3 is 7.12 Å². The van der Waals surface area contributed by atoms with Crippen LogP contribution in [-0.4, -0.2) is 36.7 Å². The van der Waals surface area contributed by atoms with Gasteiger partial charge in [-0.25, -0.2) is 0 Å². The molecule has 4 fully saturated rings. The average molecular weight is 449 g/mol. The fraction of sp³-hybridized carbons (Fsp3) is 0.708. The van der Waals surface area contributed by atoms with Gasteiger partial charge in [0, 0.05) is 0 Å². The molecule has 5 nitrogen and oxygen atoms in total. The predicted molar refractivity (Wildman–Crippen MR) is 127 cm³/mol. The van der Waals surface area contributed by atoms with E-state index in [9.17, 15) is 4.79 Å². The number of halogens is 1. The Balaban J connectivity index is 0.00000272. The Morgan fingerprint density at radius 2 is 1.90 bits per heavy atom. The molecule has 0 radical (unpaired) electrons. The Hall–Kier alpha value is -1.08. The summed E-state index contributed by atoms with van der Waals surface area (Å²) in [6, 6.07) is 9.32. The van der Waals surface area contributed by atoms with Gasteiger partial charge in [0.2, 0.25) is 5.91 Å². The number of nitrogens with two attached hydrogens (primary N) is 1. The molecule has 1 amide bonds. The fourth-order valence-corrected chi connectivity index (χ4v) is 6.07. The van der Waals surface area contributed by atoms with E-state index in [4.69, 9.17) is 15.0 Å². The van der Waals surface area contributed by atoms with Crippen LogP contribution in [-0.2, 0) is 20.5 Å². The lowest BCUT2D eigenvalue weighted by molar-refractivity contribution is -0.199. The smallest absolute Gasteiger partial charge is 0.404 e. The molecule has 1 aliphatic heterocycles. The van der Waals surface area contributed by atoms with Crippen molar-refractivity contribution in [2.75, 3.05) is 0 Å². The molecule has 1 aromatic rings. The molecule has 3 N–H and O–H groups in total. The molecule has 6 atom stereocenters. The standard InChI is InChI=1S/C24H37BN2O3.ClH/c1-15(2)11-21(27-22(28)18(26)12-16-9-7-6-8-10-16)25-29-20-14-17-13-19(23(17,3)4)24(20,5)30-25;/h6-10,15,17-21H,11-14,26H2,1-5H3,(H,27,28);1H/t17-,18-,19-,20-,21-,24-;/m0./s1. The summed E-state index contributed by atoms with van der Waals surface area (Å²) in [6.07, 6.45) is 3.70. The number of benzene rings is 1. The van der Waals surface area contributed by atoms with Crippen LogP contribution in [0.2, 0.25) is 0 Å². The lowest BCUT2D eigenvalue weighted by Crippen LogP contribution is -2.65. The molecule has 5 rings (SSSR count). The van der Waals surface area contributed by atoms with Crippen molar-refractivity contribution in [2.45, 2.75) is 84.0 Å². The second-order valence-corrected chi connectivity index (χ2v) is 10.9. The average Bonchev–Trinajstić information content (AvgIpc) is 3.04. The molecular formula is C24H38BClN2O3. The van der Waals surface area contributed by atoms with E-state index in [0.717, 1.165) is 18.4 Å². The fourth-order valence-electron chi connectivity index (χ4n) is 6.07. The molecule has 0 spiro atoms. The Morgan fingerprint density at radius 3 is 2.52 bits per heavy atom. The van der Waals surface area contributed by atoms with Crippen molar-refractivity contribution in [1.82, 2.24) is 5.32 Å². The Labute approximate surface area is 193 Å². The molecule has 1 heterocycles. The van der Waals surface area contributed by atoms with Crippen molar-refractivity contribution >= 4 is 25.4 Å². The van der Waals surface area contributed by atoms with E-state index in [1.54, 1.807) is 0 Å². The minimum Gasteiger partial charge on any atom is -0.404 e. The van der Waals surface area contributed by atoms with E-state index in [1.165, 1.54) is 6.42 Å². The largest absolute Gasteiger partial charge is 0.481 e. The second-order valence-electron chi connectivity index (χ2n) is 10.9. The number of hydrogen-bond donors (Lipinski definition) is 2. The molecular weight excluding hydrogens is 411 g/mol. The Morgan fingerprint density at radius 1 is 1.23 bits per heavy atom. The maximum Gasteiger partial charge on any atom is 0.481 e. The maximum absolute atomic E-state index is 12.9. The highest BCUT2D eigenvalue weighted by molar-refractivity contribution is 6.47. The van der Waals surface area contributed by atoms with Crippen LogP contribution in [0.25, 0.3) is 0 Å². The van der Waals surface area contributed by atoms with E-state index in [2.05, 4.69) is 39.9 Å². The molecule has 0 aromatic heterocycles. The molecule has 1 saturated heterocycles. The zero-order valence-corrected chi connectivity index (χ0v) is 20.3. The van der Waals surface area contributed by atoms with Gasteiger partial charge in [-0.1, -0.05) is 58.0 Å². The van der Waals surface area contributed by atoms with E-state index in [-0.39, 0.29) is 36.0 Å². The number of carbonyl (C=O) groups excluding carboxylic acids is 1. The zero-order valence-electron chi connectivity index (χ0n) is 19.5. The normalized spacial score (nSPS) is 32.5. The first-order valence-corrected chi connectivity index (χ1v) is 11.5. The zero-order chi connectivity index (χ0) is 21.7. The minimum atomic E-state index is -0.590. The molecule has 31 heavy (non-hydrogen) atoms. The SMILES string of the molecule is CC(C)C[C@H](NC(=O)[C@@H](N)Cc1ccccc1)B1O[C@H]2C[C@@H]3C[C@@H](C3(C)C)[C@]2(C)O1.Cl. The first-order chi connectivity index (χ1) is 14.1. The first kappa shape index (κ1) is 24.6. The molecule has 172 valence electrons. The van der Waals surface area contributed by atoms with Gasteiger partial charge in [0.25, 0.3) is 0 Å². The Bertz CT molecular complexity index is 777. The molecule has 4 aliphatic rings. The van der Waals surface area contributed by atoms with E-state index in [0.29, 0.717) is 29.6 Å². The lowest BCUT2D eigenvalue weighted by Gasteiger charge is -2.64. The van der Waals surface area contributed by atoms with Crippen LogP contribution in [0.4, 0.5) is 0 Å². The summed E-state index contributed by atoms with van der Waals surface area (Å²) >= 11 is 0. The molecule has 3 aliphatic carbocycles. The monoisotopic (exact) mass is 448 g/mol. The van der Waals surface area contributed by atoms with Gasteiger partial charge in [-0.05, 0) is 61.3 Å². The molecule has 1 aromatic carbocycles. The van der Waals surface area contributed by atoms with Gasteiger partial charge in [-0.3, -0.25) is 4.79 Å². The third-order valence-corrected chi connectivity index (χ3v) is 7.99. The molecule has 3 saturated carbocycles. The van der Waals surface area contributed by atoms with Gasteiger partial charge in [0.05, 0.1) is 23.7 Å². The van der Waals surface area contributed by atoms with Crippen LogP contribution < -0.4 is 11.1 Å². The van der Waals surface area contributed by atoms with E-state index in [1.807, 2.05) is 30.3 Å². The molecule has 0 unspecified atom stereocenters. The first-order valence-electron chi connectivity index (χ1n) is 11.5. The summed E-state index contributed by atoms with van der Waals surface area (Å²) in [7, 11) is -0.412. The van der Waals surface area contributed by atoms with Crippen molar-refractivity contribution < 1.29 is 14.1 Å². The highest BCUT2D eigenvalue weighted by atomic mass is 35.5. The van der Waals surface area contributed by atoms with Crippen LogP contribution in [0.1, 0.15) is 59.4 Å². The molecule has 2 bridgehead atoms. The number of nitrogens with one attached hydrogen (secondary N) is 1. The van der Waals surface area contributed by atoms with Crippen LogP contribution in [0.3, 0.4) is 0 Å². The summed E-state index contributed by atoms with van der Waals surface area (Å²) in [5, 5.41) is 3.17. The minimum absolute atomic E-state index is 0. The summed E-state index contributed by atoms with van der Waals surface area (Å²) in [6.45, 7) is 11.3. The third-order valence-electron chi connectivity index (χ3n) is 7.99.